The maximum absolute atomic E-state index is 12.5. The average Bonchev–Trinajstić information content (AvgIpc) is 2.42. The third kappa shape index (κ3) is 3.17. The van der Waals surface area contributed by atoms with Crippen molar-refractivity contribution in [3.05, 3.63) is 29.8 Å². The fourth-order valence-electron chi connectivity index (χ4n) is 2.54. The van der Waals surface area contributed by atoms with Gasteiger partial charge in [0.05, 0.1) is 17.0 Å². The van der Waals surface area contributed by atoms with Crippen LogP contribution in [0.4, 0.5) is 5.69 Å². The van der Waals surface area contributed by atoms with Crippen LogP contribution in [0.2, 0.25) is 0 Å². The van der Waals surface area contributed by atoms with Gasteiger partial charge in [0.15, 0.2) is 0 Å². The minimum atomic E-state index is -0.280. The molecule has 1 fully saturated rings. The van der Waals surface area contributed by atoms with Gasteiger partial charge in [-0.15, -0.1) is 0 Å². The van der Waals surface area contributed by atoms with E-state index in [1.807, 2.05) is 13.0 Å². The molecule has 0 aliphatic heterocycles. The number of rotatable bonds is 6. The van der Waals surface area contributed by atoms with Crippen molar-refractivity contribution in [2.45, 2.75) is 32.6 Å². The zero-order valence-corrected chi connectivity index (χ0v) is 11.8. The number of anilines is 1. The van der Waals surface area contributed by atoms with Crippen molar-refractivity contribution in [1.82, 2.24) is 0 Å². The van der Waals surface area contributed by atoms with Gasteiger partial charge in [-0.25, -0.2) is 0 Å². The summed E-state index contributed by atoms with van der Waals surface area (Å²) in [6.07, 6.45) is 3.70. The van der Waals surface area contributed by atoms with Crippen molar-refractivity contribution in [2.75, 3.05) is 18.5 Å². The van der Waals surface area contributed by atoms with Crippen molar-refractivity contribution in [3.8, 4) is 6.07 Å². The largest absolute Gasteiger partial charge is 0.382 e. The first-order valence-electron chi connectivity index (χ1n) is 7.09. The Balaban J connectivity index is 2.00. The van der Waals surface area contributed by atoms with E-state index >= 15 is 0 Å². The zero-order chi connectivity index (χ0) is 14.4. The minimum absolute atomic E-state index is 0.0542. The lowest BCUT2D eigenvalue weighted by atomic mass is 9.66. The highest BCUT2D eigenvalue weighted by Crippen LogP contribution is 2.44. The van der Waals surface area contributed by atoms with Crippen LogP contribution >= 0.6 is 0 Å². The first kappa shape index (κ1) is 14.5. The number of nitrogens with zero attached hydrogens (tertiary/aromatic N) is 1. The number of nitrogens with one attached hydrogen (secondary N) is 1. The summed E-state index contributed by atoms with van der Waals surface area (Å²) in [6, 6.07) is 9.10. The summed E-state index contributed by atoms with van der Waals surface area (Å²) in [5, 5.41) is 11.8. The van der Waals surface area contributed by atoms with Gasteiger partial charge in [0.25, 0.3) is 0 Å². The Hall–Kier alpha value is -1.86. The van der Waals surface area contributed by atoms with E-state index in [-0.39, 0.29) is 11.3 Å². The normalized spacial score (nSPS) is 16.0. The van der Waals surface area contributed by atoms with Crippen LogP contribution in [0.25, 0.3) is 0 Å². The Morgan fingerprint density at radius 3 is 2.90 bits per heavy atom. The van der Waals surface area contributed by atoms with Gasteiger partial charge in [0.2, 0.25) is 5.91 Å². The van der Waals surface area contributed by atoms with Crippen molar-refractivity contribution >= 4 is 11.6 Å². The summed E-state index contributed by atoms with van der Waals surface area (Å²) in [5.74, 6) is 0.0542. The summed E-state index contributed by atoms with van der Waals surface area (Å²) >= 11 is 0. The van der Waals surface area contributed by atoms with Crippen LogP contribution in [0.1, 0.15) is 38.2 Å². The molecule has 20 heavy (non-hydrogen) atoms. The van der Waals surface area contributed by atoms with Gasteiger partial charge in [-0.1, -0.05) is 12.5 Å². The maximum atomic E-state index is 12.5. The lowest BCUT2D eigenvalue weighted by Gasteiger charge is -2.40. The highest BCUT2D eigenvalue weighted by atomic mass is 16.5. The highest BCUT2D eigenvalue weighted by molar-refractivity contribution is 5.96. The van der Waals surface area contributed by atoms with Gasteiger partial charge >= 0.3 is 0 Å². The molecule has 0 heterocycles. The van der Waals surface area contributed by atoms with Crippen molar-refractivity contribution in [1.29, 1.82) is 5.26 Å². The number of nitriles is 1. The van der Waals surface area contributed by atoms with Crippen molar-refractivity contribution in [3.63, 3.8) is 0 Å². The van der Waals surface area contributed by atoms with Crippen LogP contribution in [0, 0.1) is 16.7 Å². The second kappa shape index (κ2) is 6.53. The van der Waals surface area contributed by atoms with E-state index in [4.69, 9.17) is 10.00 Å². The second-order valence-corrected chi connectivity index (χ2v) is 5.23. The van der Waals surface area contributed by atoms with E-state index in [9.17, 15) is 4.79 Å². The Labute approximate surface area is 119 Å². The van der Waals surface area contributed by atoms with Crippen LogP contribution < -0.4 is 5.32 Å². The Morgan fingerprint density at radius 2 is 2.30 bits per heavy atom. The van der Waals surface area contributed by atoms with E-state index in [1.165, 1.54) is 0 Å². The van der Waals surface area contributed by atoms with Crippen molar-refractivity contribution in [2.24, 2.45) is 5.41 Å². The molecule has 0 saturated heterocycles. The Kier molecular flexibility index (Phi) is 4.75. The molecular weight excluding hydrogens is 252 g/mol. The van der Waals surface area contributed by atoms with E-state index in [2.05, 4.69) is 11.4 Å². The molecule has 1 saturated carbocycles. The number of amides is 1. The van der Waals surface area contributed by atoms with Gasteiger partial charge in [0, 0.05) is 18.9 Å². The summed E-state index contributed by atoms with van der Waals surface area (Å²) in [5.41, 5.74) is 0.967. The van der Waals surface area contributed by atoms with Crippen LogP contribution in [0.5, 0.6) is 0 Å². The summed E-state index contributed by atoms with van der Waals surface area (Å²) in [6.45, 7) is 3.27. The van der Waals surface area contributed by atoms with E-state index in [0.717, 1.165) is 25.7 Å². The average molecular weight is 272 g/mol. The molecule has 0 bridgehead atoms. The minimum Gasteiger partial charge on any atom is -0.382 e. The maximum Gasteiger partial charge on any atom is 0.230 e. The molecule has 4 heteroatoms. The number of carbonyl (C=O) groups excluding carboxylic acids is 1. The quantitative estimate of drug-likeness (QED) is 0.809. The molecule has 0 aromatic heterocycles. The van der Waals surface area contributed by atoms with Crippen LogP contribution in [0.3, 0.4) is 0 Å². The molecule has 0 radical (unpaired) electrons. The third-order valence-electron chi connectivity index (χ3n) is 3.97. The standard InChI is InChI=1S/C16H20N2O2/c1-2-20-10-9-16(7-4-8-16)15(19)18-14-6-3-5-13(11-14)12-17/h3,5-6,11H,2,4,7-10H2,1H3,(H,18,19). The smallest absolute Gasteiger partial charge is 0.230 e. The van der Waals surface area contributed by atoms with Crippen LogP contribution in [-0.2, 0) is 9.53 Å². The second-order valence-electron chi connectivity index (χ2n) is 5.23. The number of carbonyl (C=O) groups is 1. The molecule has 106 valence electrons. The van der Waals surface area contributed by atoms with Gasteiger partial charge in [-0.2, -0.15) is 5.26 Å². The monoisotopic (exact) mass is 272 g/mol. The highest BCUT2D eigenvalue weighted by Gasteiger charge is 2.43. The number of benzene rings is 1. The molecule has 1 amide bonds. The number of hydrogen-bond donors (Lipinski definition) is 1. The molecule has 1 aliphatic rings. The van der Waals surface area contributed by atoms with Crippen LogP contribution in [-0.4, -0.2) is 19.1 Å². The van der Waals surface area contributed by atoms with Gasteiger partial charge < -0.3 is 10.1 Å². The van der Waals surface area contributed by atoms with Gasteiger partial charge in [0.1, 0.15) is 0 Å². The summed E-state index contributed by atoms with van der Waals surface area (Å²) in [7, 11) is 0. The lowest BCUT2D eigenvalue weighted by Crippen LogP contribution is -2.42. The first-order chi connectivity index (χ1) is 9.70. The molecule has 1 aromatic rings. The van der Waals surface area contributed by atoms with Crippen LogP contribution in [0.15, 0.2) is 24.3 Å². The predicted molar refractivity (Wildman–Crippen MR) is 77.2 cm³/mol. The molecule has 2 rings (SSSR count). The van der Waals surface area contributed by atoms with Crippen molar-refractivity contribution < 1.29 is 9.53 Å². The third-order valence-corrected chi connectivity index (χ3v) is 3.97. The number of hydrogen-bond acceptors (Lipinski definition) is 3. The molecule has 4 nitrogen and oxygen atoms in total. The van der Waals surface area contributed by atoms with E-state index < -0.39 is 0 Å². The topological polar surface area (TPSA) is 62.1 Å². The molecule has 0 spiro atoms. The molecule has 0 atom stereocenters. The van der Waals surface area contributed by atoms with Gasteiger partial charge in [-0.3, -0.25) is 4.79 Å². The first-order valence-corrected chi connectivity index (χ1v) is 7.09. The molecule has 1 aliphatic carbocycles. The number of ether oxygens (including phenoxy) is 1. The lowest BCUT2D eigenvalue weighted by molar-refractivity contribution is -0.132. The Morgan fingerprint density at radius 1 is 1.50 bits per heavy atom. The van der Waals surface area contributed by atoms with E-state index in [0.29, 0.717) is 24.5 Å². The SMILES string of the molecule is CCOCCC1(C(=O)Nc2cccc(C#N)c2)CCC1. The fourth-order valence-corrected chi connectivity index (χ4v) is 2.54. The fraction of sp³-hybridized carbons (Fsp3) is 0.500. The molecule has 1 N–H and O–H groups in total. The predicted octanol–water partition coefficient (Wildman–Crippen LogP) is 3.09. The summed E-state index contributed by atoms with van der Waals surface area (Å²) < 4.78 is 5.38. The molecular formula is C16H20N2O2. The molecule has 0 unspecified atom stereocenters. The zero-order valence-electron chi connectivity index (χ0n) is 11.8. The summed E-state index contributed by atoms with van der Waals surface area (Å²) in [4.78, 5) is 12.5. The van der Waals surface area contributed by atoms with E-state index in [1.54, 1.807) is 18.2 Å². The Bertz CT molecular complexity index is 515. The van der Waals surface area contributed by atoms with Gasteiger partial charge in [-0.05, 0) is 44.4 Å². The molecule has 1 aromatic carbocycles.